The Hall–Kier alpha value is -1.32. The molecule has 4 nitrogen and oxygen atoms in total. The van der Waals surface area contributed by atoms with Crippen LogP contribution in [0.3, 0.4) is 0 Å². The average Bonchev–Trinajstić information content (AvgIpc) is 2.59. The van der Waals surface area contributed by atoms with Crippen molar-refractivity contribution in [3.8, 4) is 0 Å². The maximum Gasteiger partial charge on any atom is 0.224 e. The van der Waals surface area contributed by atoms with Gasteiger partial charge < -0.3 is 10.6 Å². The Morgan fingerprint density at radius 1 is 1.26 bits per heavy atom. The Balaban J connectivity index is 2.09. The van der Waals surface area contributed by atoms with Crippen molar-refractivity contribution in [2.45, 2.75) is 58.9 Å². The fraction of sp³-hybridized carbons (Fsp3) is 0.733. The number of rotatable bonds is 4. The highest BCUT2D eigenvalue weighted by Crippen LogP contribution is 2.26. The smallest absolute Gasteiger partial charge is 0.224 e. The average molecular weight is 262 g/mol. The van der Waals surface area contributed by atoms with Crippen LogP contribution in [0.15, 0.2) is 6.20 Å². The summed E-state index contributed by atoms with van der Waals surface area (Å²) in [6, 6.07) is 0.547. The van der Waals surface area contributed by atoms with Crippen LogP contribution < -0.4 is 10.6 Å². The van der Waals surface area contributed by atoms with E-state index in [0.717, 1.165) is 29.8 Å². The Morgan fingerprint density at radius 3 is 2.84 bits per heavy atom. The summed E-state index contributed by atoms with van der Waals surface area (Å²) in [5.74, 6) is 2.43. The summed E-state index contributed by atoms with van der Waals surface area (Å²) in [5.41, 5.74) is 1.12. The first kappa shape index (κ1) is 14.1. The molecule has 0 spiro atoms. The first-order chi connectivity index (χ1) is 9.20. The van der Waals surface area contributed by atoms with E-state index >= 15 is 0 Å². The minimum Gasteiger partial charge on any atom is -0.367 e. The van der Waals surface area contributed by atoms with Gasteiger partial charge in [-0.15, -0.1) is 0 Å². The fourth-order valence-corrected chi connectivity index (χ4v) is 2.71. The van der Waals surface area contributed by atoms with Crippen LogP contribution in [0.2, 0.25) is 0 Å². The van der Waals surface area contributed by atoms with Gasteiger partial charge in [0.25, 0.3) is 0 Å². The van der Waals surface area contributed by atoms with E-state index in [1.165, 1.54) is 32.1 Å². The molecule has 0 bridgehead atoms. The lowest BCUT2D eigenvalue weighted by Gasteiger charge is -2.24. The maximum absolute atomic E-state index is 4.59. The molecule has 0 aliphatic heterocycles. The van der Waals surface area contributed by atoms with E-state index in [4.69, 9.17) is 0 Å². The SMILES string of the molecule is CCNc1ncc(C)c(NC2CCCCCC2C)n1. The molecule has 1 fully saturated rings. The van der Waals surface area contributed by atoms with Gasteiger partial charge in [0, 0.05) is 24.3 Å². The van der Waals surface area contributed by atoms with Gasteiger partial charge in [0.2, 0.25) is 5.95 Å². The van der Waals surface area contributed by atoms with E-state index in [0.29, 0.717) is 6.04 Å². The summed E-state index contributed by atoms with van der Waals surface area (Å²) < 4.78 is 0. The van der Waals surface area contributed by atoms with Crippen LogP contribution in [-0.4, -0.2) is 22.6 Å². The zero-order valence-electron chi connectivity index (χ0n) is 12.4. The highest BCUT2D eigenvalue weighted by molar-refractivity contribution is 5.47. The third-order valence-corrected chi connectivity index (χ3v) is 3.99. The zero-order valence-corrected chi connectivity index (χ0v) is 12.4. The summed E-state index contributed by atoms with van der Waals surface area (Å²) in [4.78, 5) is 8.88. The lowest BCUT2D eigenvalue weighted by Crippen LogP contribution is -2.27. The molecule has 2 N–H and O–H groups in total. The number of nitrogens with zero attached hydrogens (tertiary/aromatic N) is 2. The van der Waals surface area contributed by atoms with Gasteiger partial charge in [0.1, 0.15) is 5.82 Å². The second-order valence-electron chi connectivity index (χ2n) is 5.62. The molecule has 2 rings (SSSR count). The first-order valence-corrected chi connectivity index (χ1v) is 7.54. The second kappa shape index (κ2) is 6.73. The number of anilines is 2. The fourth-order valence-electron chi connectivity index (χ4n) is 2.71. The Labute approximate surface area is 116 Å². The molecule has 1 aromatic heterocycles. The van der Waals surface area contributed by atoms with Gasteiger partial charge >= 0.3 is 0 Å². The Kier molecular flexibility index (Phi) is 5.00. The van der Waals surface area contributed by atoms with Crippen LogP contribution in [0.4, 0.5) is 11.8 Å². The van der Waals surface area contributed by atoms with Crippen LogP contribution >= 0.6 is 0 Å². The molecular weight excluding hydrogens is 236 g/mol. The standard InChI is InChI=1S/C15H26N4/c1-4-16-15-17-10-12(3)14(19-15)18-13-9-7-5-6-8-11(13)2/h10-11,13H,4-9H2,1-3H3,(H2,16,17,18,19). The molecule has 106 valence electrons. The van der Waals surface area contributed by atoms with Crippen molar-refractivity contribution < 1.29 is 0 Å². The third-order valence-electron chi connectivity index (χ3n) is 3.99. The molecule has 2 atom stereocenters. The molecule has 0 amide bonds. The lowest BCUT2D eigenvalue weighted by molar-refractivity contribution is 0.455. The highest BCUT2D eigenvalue weighted by atomic mass is 15.1. The number of hydrogen-bond donors (Lipinski definition) is 2. The molecule has 0 aromatic carbocycles. The molecule has 0 radical (unpaired) electrons. The van der Waals surface area contributed by atoms with Gasteiger partial charge in [-0.05, 0) is 32.6 Å². The number of hydrogen-bond acceptors (Lipinski definition) is 4. The first-order valence-electron chi connectivity index (χ1n) is 7.54. The van der Waals surface area contributed by atoms with E-state index in [9.17, 15) is 0 Å². The van der Waals surface area contributed by atoms with Crippen molar-refractivity contribution in [3.05, 3.63) is 11.8 Å². The molecule has 19 heavy (non-hydrogen) atoms. The van der Waals surface area contributed by atoms with E-state index in [1.807, 2.05) is 6.20 Å². The molecule has 1 aromatic rings. The monoisotopic (exact) mass is 262 g/mol. The summed E-state index contributed by atoms with van der Waals surface area (Å²) in [5, 5.41) is 6.82. The van der Waals surface area contributed by atoms with Crippen molar-refractivity contribution in [1.82, 2.24) is 9.97 Å². The van der Waals surface area contributed by atoms with Gasteiger partial charge in [-0.25, -0.2) is 4.98 Å². The summed E-state index contributed by atoms with van der Waals surface area (Å²) in [7, 11) is 0. The minimum atomic E-state index is 0.547. The van der Waals surface area contributed by atoms with Crippen molar-refractivity contribution >= 4 is 11.8 Å². The van der Waals surface area contributed by atoms with E-state index < -0.39 is 0 Å². The Bertz CT molecular complexity index is 405. The second-order valence-corrected chi connectivity index (χ2v) is 5.62. The topological polar surface area (TPSA) is 49.8 Å². The van der Waals surface area contributed by atoms with Crippen LogP contribution in [-0.2, 0) is 0 Å². The predicted octanol–water partition coefficient (Wildman–Crippen LogP) is 3.60. The highest BCUT2D eigenvalue weighted by Gasteiger charge is 2.20. The third kappa shape index (κ3) is 3.82. The quantitative estimate of drug-likeness (QED) is 0.814. The van der Waals surface area contributed by atoms with Crippen LogP contribution in [0.25, 0.3) is 0 Å². The maximum atomic E-state index is 4.59. The number of nitrogens with one attached hydrogen (secondary N) is 2. The molecular formula is C15H26N4. The van der Waals surface area contributed by atoms with Crippen molar-refractivity contribution in [2.24, 2.45) is 5.92 Å². The van der Waals surface area contributed by atoms with E-state index in [-0.39, 0.29) is 0 Å². The van der Waals surface area contributed by atoms with Gasteiger partial charge in [-0.2, -0.15) is 4.98 Å². The molecule has 0 saturated heterocycles. The summed E-state index contributed by atoms with van der Waals surface area (Å²) in [6.45, 7) is 7.33. The predicted molar refractivity (Wildman–Crippen MR) is 80.6 cm³/mol. The molecule has 2 unspecified atom stereocenters. The molecule has 4 heteroatoms. The number of aromatic nitrogens is 2. The normalized spacial score (nSPS) is 23.7. The summed E-state index contributed by atoms with van der Waals surface area (Å²) >= 11 is 0. The van der Waals surface area contributed by atoms with E-state index in [2.05, 4.69) is 41.4 Å². The van der Waals surface area contributed by atoms with Crippen molar-refractivity contribution in [2.75, 3.05) is 17.2 Å². The van der Waals surface area contributed by atoms with Crippen LogP contribution in [0.5, 0.6) is 0 Å². The molecule has 1 saturated carbocycles. The zero-order chi connectivity index (χ0) is 13.7. The Morgan fingerprint density at radius 2 is 2.05 bits per heavy atom. The largest absolute Gasteiger partial charge is 0.367 e. The number of aryl methyl sites for hydroxylation is 1. The van der Waals surface area contributed by atoms with Crippen molar-refractivity contribution in [3.63, 3.8) is 0 Å². The van der Waals surface area contributed by atoms with Crippen molar-refractivity contribution in [1.29, 1.82) is 0 Å². The lowest BCUT2D eigenvalue weighted by atomic mass is 9.97. The van der Waals surface area contributed by atoms with Crippen LogP contribution in [0.1, 0.15) is 51.5 Å². The van der Waals surface area contributed by atoms with Gasteiger partial charge in [-0.1, -0.05) is 26.2 Å². The van der Waals surface area contributed by atoms with Crippen LogP contribution in [0, 0.1) is 12.8 Å². The van der Waals surface area contributed by atoms with Gasteiger partial charge in [-0.3, -0.25) is 0 Å². The molecule has 1 heterocycles. The summed E-state index contributed by atoms with van der Waals surface area (Å²) in [6.07, 6.45) is 8.53. The molecule has 1 aliphatic rings. The molecule has 1 aliphatic carbocycles. The van der Waals surface area contributed by atoms with Gasteiger partial charge in [0.15, 0.2) is 0 Å². The minimum absolute atomic E-state index is 0.547. The van der Waals surface area contributed by atoms with Gasteiger partial charge in [0.05, 0.1) is 0 Å². The van der Waals surface area contributed by atoms with E-state index in [1.54, 1.807) is 0 Å².